The summed E-state index contributed by atoms with van der Waals surface area (Å²) in [5, 5.41) is 7.51. The molecule has 0 bridgehead atoms. The van der Waals surface area contributed by atoms with Crippen LogP contribution in [0.15, 0.2) is 42.5 Å². The molecule has 146 valence electrons. The van der Waals surface area contributed by atoms with Crippen molar-refractivity contribution in [1.29, 1.82) is 0 Å². The van der Waals surface area contributed by atoms with Crippen LogP contribution in [0.25, 0.3) is 5.69 Å². The number of anilines is 1. The maximum Gasteiger partial charge on any atom is 0.229 e. The van der Waals surface area contributed by atoms with Crippen molar-refractivity contribution in [3.05, 3.63) is 64.8 Å². The summed E-state index contributed by atoms with van der Waals surface area (Å²) < 4.78 is 12.3. The second kappa shape index (κ2) is 8.17. The summed E-state index contributed by atoms with van der Waals surface area (Å²) in [6.45, 7) is 5.99. The summed E-state index contributed by atoms with van der Waals surface area (Å²) in [6.07, 6.45) is 0.220. The monoisotopic (exact) mass is 379 g/mol. The van der Waals surface area contributed by atoms with E-state index >= 15 is 0 Å². The van der Waals surface area contributed by atoms with Crippen LogP contribution in [0.3, 0.4) is 0 Å². The molecule has 0 atom stereocenters. The first-order chi connectivity index (χ1) is 13.4. The third-order valence-electron chi connectivity index (χ3n) is 4.36. The third-order valence-corrected chi connectivity index (χ3v) is 4.36. The van der Waals surface area contributed by atoms with E-state index in [1.54, 1.807) is 25.0 Å². The van der Waals surface area contributed by atoms with E-state index in [1.165, 1.54) is 0 Å². The molecule has 28 heavy (non-hydrogen) atoms. The highest BCUT2D eigenvalue weighted by atomic mass is 16.5. The predicted octanol–water partition coefficient (Wildman–Crippen LogP) is 4.00. The van der Waals surface area contributed by atoms with Crippen LogP contribution in [0, 0.1) is 20.8 Å². The molecular formula is C22H25N3O3. The normalized spacial score (nSPS) is 10.6. The van der Waals surface area contributed by atoms with Gasteiger partial charge in [0.1, 0.15) is 5.82 Å². The quantitative estimate of drug-likeness (QED) is 0.703. The van der Waals surface area contributed by atoms with Gasteiger partial charge in [-0.3, -0.25) is 4.79 Å². The summed E-state index contributed by atoms with van der Waals surface area (Å²) in [4.78, 5) is 12.6. The van der Waals surface area contributed by atoms with Crippen LogP contribution in [0.1, 0.15) is 22.4 Å². The van der Waals surface area contributed by atoms with Gasteiger partial charge in [-0.25, -0.2) is 4.68 Å². The molecule has 1 aromatic heterocycles. The number of benzene rings is 2. The minimum absolute atomic E-state index is 0.127. The molecule has 1 N–H and O–H groups in total. The van der Waals surface area contributed by atoms with Crippen LogP contribution in [0.4, 0.5) is 5.82 Å². The molecule has 0 saturated carbocycles. The van der Waals surface area contributed by atoms with Crippen LogP contribution in [-0.2, 0) is 11.2 Å². The van der Waals surface area contributed by atoms with Gasteiger partial charge in [0.15, 0.2) is 11.5 Å². The van der Waals surface area contributed by atoms with E-state index < -0.39 is 0 Å². The van der Waals surface area contributed by atoms with Crippen molar-refractivity contribution >= 4 is 11.7 Å². The fourth-order valence-corrected chi connectivity index (χ4v) is 3.22. The van der Waals surface area contributed by atoms with Gasteiger partial charge in [0, 0.05) is 6.07 Å². The summed E-state index contributed by atoms with van der Waals surface area (Å²) >= 11 is 0. The number of carbonyl (C=O) groups is 1. The summed E-state index contributed by atoms with van der Waals surface area (Å²) in [5.74, 6) is 1.75. The second-order valence-electron chi connectivity index (χ2n) is 6.84. The van der Waals surface area contributed by atoms with Gasteiger partial charge in [-0.1, -0.05) is 12.1 Å². The maximum atomic E-state index is 12.6. The van der Waals surface area contributed by atoms with E-state index in [2.05, 4.69) is 16.5 Å². The highest BCUT2D eigenvalue weighted by Crippen LogP contribution is 2.28. The average Bonchev–Trinajstić information content (AvgIpc) is 3.00. The number of ether oxygens (including phenoxy) is 2. The number of aryl methyl sites for hydroxylation is 3. The number of hydrogen-bond donors (Lipinski definition) is 1. The number of aromatic nitrogens is 2. The number of methoxy groups -OCH3 is 2. The van der Waals surface area contributed by atoms with Crippen molar-refractivity contribution in [1.82, 2.24) is 9.78 Å². The molecule has 0 fully saturated rings. The van der Waals surface area contributed by atoms with Gasteiger partial charge in [-0.2, -0.15) is 5.10 Å². The highest BCUT2D eigenvalue weighted by molar-refractivity contribution is 5.92. The molecule has 1 heterocycles. The number of amides is 1. The maximum absolute atomic E-state index is 12.6. The Labute approximate surface area is 165 Å². The second-order valence-corrected chi connectivity index (χ2v) is 6.84. The average molecular weight is 379 g/mol. The summed E-state index contributed by atoms with van der Waals surface area (Å²) in [6, 6.07) is 13.5. The number of carbonyl (C=O) groups excluding carboxylic acids is 1. The number of nitrogens with one attached hydrogen (secondary N) is 1. The Balaban J connectivity index is 1.81. The fraction of sp³-hybridized carbons (Fsp3) is 0.273. The third kappa shape index (κ3) is 4.34. The predicted molar refractivity (Wildman–Crippen MR) is 110 cm³/mol. The number of nitrogens with zero attached hydrogens (tertiary/aromatic N) is 2. The Bertz CT molecular complexity index is 988. The van der Waals surface area contributed by atoms with E-state index in [4.69, 9.17) is 9.47 Å². The van der Waals surface area contributed by atoms with E-state index in [0.717, 1.165) is 28.1 Å². The smallest absolute Gasteiger partial charge is 0.229 e. The molecule has 1 amide bonds. The van der Waals surface area contributed by atoms with Crippen molar-refractivity contribution in [2.45, 2.75) is 27.2 Å². The van der Waals surface area contributed by atoms with Gasteiger partial charge < -0.3 is 14.8 Å². The molecular weight excluding hydrogens is 354 g/mol. The van der Waals surface area contributed by atoms with E-state index in [1.807, 2.05) is 51.1 Å². The zero-order valence-electron chi connectivity index (χ0n) is 16.9. The van der Waals surface area contributed by atoms with Crippen LogP contribution < -0.4 is 14.8 Å². The molecule has 2 aromatic carbocycles. The molecule has 0 unspecified atom stereocenters. The van der Waals surface area contributed by atoms with Crippen LogP contribution in [0.5, 0.6) is 11.5 Å². The molecule has 0 radical (unpaired) electrons. The lowest BCUT2D eigenvalue weighted by molar-refractivity contribution is -0.115. The summed E-state index contributed by atoms with van der Waals surface area (Å²) in [7, 11) is 3.16. The minimum Gasteiger partial charge on any atom is -0.493 e. The molecule has 6 nitrogen and oxygen atoms in total. The van der Waals surface area contributed by atoms with Gasteiger partial charge >= 0.3 is 0 Å². The number of hydrogen-bond acceptors (Lipinski definition) is 4. The van der Waals surface area contributed by atoms with Crippen LogP contribution in [0.2, 0.25) is 0 Å². The minimum atomic E-state index is -0.127. The van der Waals surface area contributed by atoms with Gasteiger partial charge in [0.25, 0.3) is 0 Å². The molecule has 0 saturated heterocycles. The van der Waals surface area contributed by atoms with Gasteiger partial charge in [-0.15, -0.1) is 0 Å². The van der Waals surface area contributed by atoms with Crippen LogP contribution in [-0.4, -0.2) is 29.9 Å². The molecule has 0 aliphatic heterocycles. The largest absolute Gasteiger partial charge is 0.493 e. The molecule has 0 spiro atoms. The van der Waals surface area contributed by atoms with Gasteiger partial charge in [0.2, 0.25) is 5.91 Å². The van der Waals surface area contributed by atoms with E-state index in [-0.39, 0.29) is 12.3 Å². The molecule has 3 rings (SSSR count). The molecule has 6 heteroatoms. The SMILES string of the molecule is COc1ccc(CC(=O)Nc2cc(C)nn2-c2cc(C)cc(C)c2)cc1OC. The Morgan fingerprint density at radius 3 is 2.29 bits per heavy atom. The van der Waals surface area contributed by atoms with Gasteiger partial charge in [0.05, 0.1) is 32.0 Å². The van der Waals surface area contributed by atoms with Crippen molar-refractivity contribution in [3.63, 3.8) is 0 Å². The lowest BCUT2D eigenvalue weighted by atomic mass is 10.1. The molecule has 0 aliphatic rings. The molecule has 3 aromatic rings. The van der Waals surface area contributed by atoms with E-state index in [9.17, 15) is 4.79 Å². The lowest BCUT2D eigenvalue weighted by Crippen LogP contribution is -2.17. The highest BCUT2D eigenvalue weighted by Gasteiger charge is 2.13. The van der Waals surface area contributed by atoms with E-state index in [0.29, 0.717) is 17.3 Å². The van der Waals surface area contributed by atoms with Crippen molar-refractivity contribution in [3.8, 4) is 17.2 Å². The standard InChI is InChI=1S/C22H25N3O3/c1-14-8-15(2)10-18(9-14)25-21(11-16(3)24-25)23-22(26)13-17-6-7-19(27-4)20(12-17)28-5/h6-12H,13H2,1-5H3,(H,23,26). The zero-order chi connectivity index (χ0) is 20.3. The first-order valence-corrected chi connectivity index (χ1v) is 9.05. The Morgan fingerprint density at radius 1 is 0.964 bits per heavy atom. The lowest BCUT2D eigenvalue weighted by Gasteiger charge is -2.12. The Hall–Kier alpha value is -3.28. The van der Waals surface area contributed by atoms with Crippen molar-refractivity contribution < 1.29 is 14.3 Å². The number of rotatable bonds is 6. The van der Waals surface area contributed by atoms with Crippen molar-refractivity contribution in [2.24, 2.45) is 0 Å². The topological polar surface area (TPSA) is 65.4 Å². The van der Waals surface area contributed by atoms with Gasteiger partial charge in [-0.05, 0) is 61.7 Å². The Morgan fingerprint density at radius 2 is 1.64 bits per heavy atom. The first-order valence-electron chi connectivity index (χ1n) is 9.05. The van der Waals surface area contributed by atoms with Crippen LogP contribution >= 0.6 is 0 Å². The zero-order valence-corrected chi connectivity index (χ0v) is 16.9. The first kappa shape index (κ1) is 19.5. The van der Waals surface area contributed by atoms with Crippen molar-refractivity contribution in [2.75, 3.05) is 19.5 Å². The fourth-order valence-electron chi connectivity index (χ4n) is 3.22. The Kier molecular flexibility index (Phi) is 5.68. The molecule has 0 aliphatic carbocycles. The summed E-state index contributed by atoms with van der Waals surface area (Å²) in [5.41, 5.74) is 4.88.